The predicted molar refractivity (Wildman–Crippen MR) is 64.1 cm³/mol. The molecule has 0 unspecified atom stereocenters. The third-order valence-corrected chi connectivity index (χ3v) is 2.36. The van der Waals surface area contributed by atoms with E-state index in [0.717, 1.165) is 0 Å². The zero-order valence-electron chi connectivity index (χ0n) is 9.83. The summed E-state index contributed by atoms with van der Waals surface area (Å²) in [5.41, 5.74) is 6.77. The van der Waals surface area contributed by atoms with Crippen LogP contribution in [0.3, 0.4) is 0 Å². The molecule has 18 heavy (non-hydrogen) atoms. The Balaban J connectivity index is 2.41. The van der Waals surface area contributed by atoms with Crippen molar-refractivity contribution in [2.45, 2.75) is 6.54 Å². The SMILES string of the molecule is COc1nccnc1C(=O)c1ccnc(CN)c1. The number of nitrogens with zero attached hydrogens (tertiary/aromatic N) is 3. The van der Waals surface area contributed by atoms with Crippen molar-refractivity contribution in [3.63, 3.8) is 0 Å². The molecule has 2 rings (SSSR count). The fourth-order valence-electron chi connectivity index (χ4n) is 1.50. The molecule has 6 nitrogen and oxygen atoms in total. The zero-order valence-corrected chi connectivity index (χ0v) is 9.83. The molecule has 0 atom stereocenters. The summed E-state index contributed by atoms with van der Waals surface area (Å²) in [6.07, 6.45) is 4.45. The van der Waals surface area contributed by atoms with E-state index < -0.39 is 0 Å². The Morgan fingerprint density at radius 2 is 2.06 bits per heavy atom. The number of pyridine rings is 1. The van der Waals surface area contributed by atoms with Gasteiger partial charge in [-0.2, -0.15) is 0 Å². The van der Waals surface area contributed by atoms with Crippen LogP contribution in [0.25, 0.3) is 0 Å². The van der Waals surface area contributed by atoms with Gasteiger partial charge in [0.2, 0.25) is 11.7 Å². The molecular formula is C12H12N4O2. The largest absolute Gasteiger partial charge is 0.479 e. The zero-order chi connectivity index (χ0) is 13.0. The van der Waals surface area contributed by atoms with Crippen LogP contribution in [-0.4, -0.2) is 27.8 Å². The number of ketones is 1. The van der Waals surface area contributed by atoms with Crippen molar-refractivity contribution >= 4 is 5.78 Å². The van der Waals surface area contributed by atoms with Crippen LogP contribution in [0.2, 0.25) is 0 Å². The Morgan fingerprint density at radius 3 is 2.78 bits per heavy atom. The lowest BCUT2D eigenvalue weighted by Gasteiger charge is -2.05. The molecule has 0 aliphatic rings. The molecule has 0 bridgehead atoms. The molecule has 0 spiro atoms. The molecule has 0 aromatic carbocycles. The van der Waals surface area contributed by atoms with E-state index in [1.807, 2.05) is 0 Å². The number of hydrogen-bond acceptors (Lipinski definition) is 6. The van der Waals surface area contributed by atoms with Gasteiger partial charge >= 0.3 is 0 Å². The molecule has 0 aliphatic heterocycles. The van der Waals surface area contributed by atoms with Crippen molar-refractivity contribution in [3.05, 3.63) is 47.7 Å². The van der Waals surface area contributed by atoms with Gasteiger partial charge < -0.3 is 10.5 Å². The average Bonchev–Trinajstić information content (AvgIpc) is 2.46. The summed E-state index contributed by atoms with van der Waals surface area (Å²) >= 11 is 0. The molecule has 0 fully saturated rings. The first kappa shape index (κ1) is 12.1. The predicted octanol–water partition coefficient (Wildman–Crippen LogP) is 0.570. The van der Waals surface area contributed by atoms with Crippen LogP contribution in [0.5, 0.6) is 5.88 Å². The van der Waals surface area contributed by atoms with Crippen molar-refractivity contribution in [1.29, 1.82) is 0 Å². The molecule has 0 saturated heterocycles. The van der Waals surface area contributed by atoms with Gasteiger partial charge in [0.1, 0.15) is 0 Å². The Morgan fingerprint density at radius 1 is 1.28 bits per heavy atom. The third-order valence-electron chi connectivity index (χ3n) is 2.36. The van der Waals surface area contributed by atoms with E-state index in [-0.39, 0.29) is 23.9 Å². The van der Waals surface area contributed by atoms with Gasteiger partial charge in [-0.15, -0.1) is 0 Å². The van der Waals surface area contributed by atoms with E-state index in [1.54, 1.807) is 12.1 Å². The number of carbonyl (C=O) groups is 1. The Kier molecular flexibility index (Phi) is 3.59. The summed E-state index contributed by atoms with van der Waals surface area (Å²) in [6, 6.07) is 3.24. The highest BCUT2D eigenvalue weighted by molar-refractivity contribution is 6.09. The van der Waals surface area contributed by atoms with Gasteiger partial charge in [-0.1, -0.05) is 0 Å². The van der Waals surface area contributed by atoms with Gasteiger partial charge in [-0.25, -0.2) is 9.97 Å². The van der Waals surface area contributed by atoms with E-state index in [1.165, 1.54) is 25.7 Å². The highest BCUT2D eigenvalue weighted by atomic mass is 16.5. The van der Waals surface area contributed by atoms with Crippen molar-refractivity contribution in [2.75, 3.05) is 7.11 Å². The van der Waals surface area contributed by atoms with Crippen molar-refractivity contribution in [3.8, 4) is 5.88 Å². The van der Waals surface area contributed by atoms with Gasteiger partial charge in [0.25, 0.3) is 0 Å². The van der Waals surface area contributed by atoms with Crippen LogP contribution in [-0.2, 0) is 6.54 Å². The minimum Gasteiger partial charge on any atom is -0.479 e. The lowest BCUT2D eigenvalue weighted by molar-refractivity contribution is 0.103. The van der Waals surface area contributed by atoms with Crippen LogP contribution in [0, 0.1) is 0 Å². The second-order valence-electron chi connectivity index (χ2n) is 3.48. The first-order valence-electron chi connectivity index (χ1n) is 5.31. The molecule has 0 radical (unpaired) electrons. The molecule has 2 aromatic rings. The number of carbonyl (C=O) groups excluding carboxylic acids is 1. The number of aromatic nitrogens is 3. The Labute approximate surface area is 104 Å². The van der Waals surface area contributed by atoms with Crippen LogP contribution in [0.15, 0.2) is 30.7 Å². The Bertz CT molecular complexity index is 572. The number of methoxy groups -OCH3 is 1. The molecule has 2 N–H and O–H groups in total. The van der Waals surface area contributed by atoms with Gasteiger partial charge in [-0.3, -0.25) is 9.78 Å². The van der Waals surface area contributed by atoms with E-state index >= 15 is 0 Å². The maximum atomic E-state index is 12.2. The molecule has 92 valence electrons. The fourth-order valence-corrected chi connectivity index (χ4v) is 1.50. The standard InChI is InChI=1S/C12H12N4O2/c1-18-12-10(15-4-5-16-12)11(17)8-2-3-14-9(6-8)7-13/h2-6H,7,13H2,1H3. The Hall–Kier alpha value is -2.34. The summed E-state index contributed by atoms with van der Waals surface area (Å²) in [4.78, 5) is 24.2. The quantitative estimate of drug-likeness (QED) is 0.790. The maximum absolute atomic E-state index is 12.2. The van der Waals surface area contributed by atoms with Gasteiger partial charge in [0.05, 0.1) is 12.8 Å². The molecule has 0 saturated carbocycles. The summed E-state index contributed by atoms with van der Waals surface area (Å²) < 4.78 is 5.01. The summed E-state index contributed by atoms with van der Waals surface area (Å²) in [5, 5.41) is 0. The average molecular weight is 244 g/mol. The monoisotopic (exact) mass is 244 g/mol. The minimum atomic E-state index is -0.267. The minimum absolute atomic E-state index is 0.175. The summed E-state index contributed by atoms with van der Waals surface area (Å²) in [7, 11) is 1.44. The number of hydrogen-bond donors (Lipinski definition) is 1. The van der Waals surface area contributed by atoms with E-state index in [9.17, 15) is 4.79 Å². The lowest BCUT2D eigenvalue weighted by Crippen LogP contribution is -2.09. The summed E-state index contributed by atoms with van der Waals surface area (Å²) in [5.74, 6) is -0.0642. The molecule has 0 aliphatic carbocycles. The molecule has 6 heteroatoms. The van der Waals surface area contributed by atoms with E-state index in [4.69, 9.17) is 10.5 Å². The molecule has 0 amide bonds. The molecular weight excluding hydrogens is 232 g/mol. The van der Waals surface area contributed by atoms with E-state index in [2.05, 4.69) is 15.0 Å². The smallest absolute Gasteiger partial charge is 0.243 e. The van der Waals surface area contributed by atoms with Crippen molar-refractivity contribution in [1.82, 2.24) is 15.0 Å². The lowest BCUT2D eigenvalue weighted by atomic mass is 10.1. The number of rotatable bonds is 4. The topological polar surface area (TPSA) is 91.0 Å². The highest BCUT2D eigenvalue weighted by Crippen LogP contribution is 2.16. The first-order chi connectivity index (χ1) is 8.76. The van der Waals surface area contributed by atoms with Gasteiger partial charge in [0, 0.05) is 30.7 Å². The van der Waals surface area contributed by atoms with Gasteiger partial charge in [-0.05, 0) is 12.1 Å². The molecule has 2 aromatic heterocycles. The van der Waals surface area contributed by atoms with E-state index in [0.29, 0.717) is 11.3 Å². The van der Waals surface area contributed by atoms with Crippen LogP contribution in [0.4, 0.5) is 0 Å². The second-order valence-corrected chi connectivity index (χ2v) is 3.48. The normalized spacial score (nSPS) is 10.1. The van der Waals surface area contributed by atoms with Gasteiger partial charge in [0.15, 0.2) is 5.69 Å². The van der Waals surface area contributed by atoms with Crippen molar-refractivity contribution in [2.24, 2.45) is 5.73 Å². The van der Waals surface area contributed by atoms with Crippen LogP contribution in [0.1, 0.15) is 21.7 Å². The number of ether oxygens (including phenoxy) is 1. The third kappa shape index (κ3) is 2.33. The first-order valence-corrected chi connectivity index (χ1v) is 5.31. The summed E-state index contributed by atoms with van der Waals surface area (Å²) in [6.45, 7) is 0.277. The second kappa shape index (κ2) is 5.33. The fraction of sp³-hybridized carbons (Fsp3) is 0.167. The van der Waals surface area contributed by atoms with Crippen LogP contribution < -0.4 is 10.5 Å². The molecule has 2 heterocycles. The maximum Gasteiger partial charge on any atom is 0.243 e. The highest BCUT2D eigenvalue weighted by Gasteiger charge is 2.17. The van der Waals surface area contributed by atoms with Crippen molar-refractivity contribution < 1.29 is 9.53 Å². The van der Waals surface area contributed by atoms with Crippen LogP contribution >= 0.6 is 0 Å². The number of nitrogens with two attached hydrogens (primary N) is 1.